The third kappa shape index (κ3) is 3.53. The molecule has 1 N–H and O–H groups in total. The van der Waals surface area contributed by atoms with Crippen LogP contribution in [0, 0.1) is 5.92 Å². The van der Waals surface area contributed by atoms with Crippen molar-refractivity contribution in [2.24, 2.45) is 5.92 Å². The van der Waals surface area contributed by atoms with Gasteiger partial charge in [0, 0.05) is 6.54 Å². The van der Waals surface area contributed by atoms with Gasteiger partial charge in [0.25, 0.3) is 0 Å². The third-order valence-corrected chi connectivity index (χ3v) is 2.74. The summed E-state index contributed by atoms with van der Waals surface area (Å²) in [5, 5.41) is 2.88. The molecular formula is C10H20FN. The van der Waals surface area contributed by atoms with Crippen LogP contribution in [0.25, 0.3) is 0 Å². The highest BCUT2D eigenvalue weighted by Gasteiger charge is 2.17. The van der Waals surface area contributed by atoms with Crippen molar-refractivity contribution in [3.8, 4) is 0 Å². The van der Waals surface area contributed by atoms with Crippen molar-refractivity contribution in [1.82, 2.24) is 5.32 Å². The predicted octanol–water partition coefficient (Wildman–Crippen LogP) is 2.51. The van der Waals surface area contributed by atoms with Crippen molar-refractivity contribution in [2.45, 2.75) is 44.7 Å². The normalized spacial score (nSPS) is 22.5. The topological polar surface area (TPSA) is 12.0 Å². The molecular weight excluding hydrogens is 153 g/mol. The molecule has 1 saturated carbocycles. The number of rotatable bonds is 4. The second-order valence-corrected chi connectivity index (χ2v) is 3.89. The van der Waals surface area contributed by atoms with Gasteiger partial charge >= 0.3 is 0 Å². The van der Waals surface area contributed by atoms with Crippen LogP contribution in [0.3, 0.4) is 0 Å². The van der Waals surface area contributed by atoms with Gasteiger partial charge in [-0.15, -0.1) is 0 Å². The van der Waals surface area contributed by atoms with Gasteiger partial charge in [0.05, 0.1) is 0 Å². The summed E-state index contributed by atoms with van der Waals surface area (Å²) in [4.78, 5) is 0. The second-order valence-electron chi connectivity index (χ2n) is 3.89. The SMILES string of the molecule is CNC[C@H](F)CC1CCCCC1. The summed E-state index contributed by atoms with van der Waals surface area (Å²) in [5.74, 6) is 0.669. The third-order valence-electron chi connectivity index (χ3n) is 2.74. The molecule has 1 aliphatic rings. The van der Waals surface area contributed by atoms with Crippen LogP contribution in [0.1, 0.15) is 38.5 Å². The molecule has 0 bridgehead atoms. The zero-order valence-corrected chi connectivity index (χ0v) is 7.98. The van der Waals surface area contributed by atoms with Crippen LogP contribution in [0.15, 0.2) is 0 Å². The zero-order chi connectivity index (χ0) is 8.81. The quantitative estimate of drug-likeness (QED) is 0.688. The van der Waals surface area contributed by atoms with E-state index in [0.29, 0.717) is 12.5 Å². The van der Waals surface area contributed by atoms with E-state index in [9.17, 15) is 4.39 Å². The Morgan fingerprint density at radius 3 is 2.58 bits per heavy atom. The van der Waals surface area contributed by atoms with Crippen LogP contribution in [0.4, 0.5) is 4.39 Å². The molecule has 2 heteroatoms. The van der Waals surface area contributed by atoms with Crippen molar-refractivity contribution in [3.05, 3.63) is 0 Å². The first-order chi connectivity index (χ1) is 5.83. The zero-order valence-electron chi connectivity index (χ0n) is 7.98. The fourth-order valence-electron chi connectivity index (χ4n) is 2.09. The average Bonchev–Trinajstić information content (AvgIpc) is 2.06. The number of hydrogen-bond acceptors (Lipinski definition) is 1. The summed E-state index contributed by atoms with van der Waals surface area (Å²) in [6.45, 7) is 0.524. The second kappa shape index (κ2) is 5.52. The molecule has 1 rings (SSSR count). The van der Waals surface area contributed by atoms with Gasteiger partial charge in [-0.25, -0.2) is 4.39 Å². The van der Waals surface area contributed by atoms with Crippen molar-refractivity contribution in [3.63, 3.8) is 0 Å². The molecule has 1 aliphatic carbocycles. The Bertz CT molecular complexity index is 110. The number of alkyl halides is 1. The maximum absolute atomic E-state index is 13.1. The van der Waals surface area contributed by atoms with Gasteiger partial charge in [0.1, 0.15) is 6.17 Å². The molecule has 1 nitrogen and oxygen atoms in total. The lowest BCUT2D eigenvalue weighted by atomic mass is 9.86. The lowest BCUT2D eigenvalue weighted by Gasteiger charge is -2.22. The maximum Gasteiger partial charge on any atom is 0.113 e. The molecule has 12 heavy (non-hydrogen) atoms. The molecule has 1 atom stereocenters. The summed E-state index contributed by atoms with van der Waals surface area (Å²) >= 11 is 0. The molecule has 0 aromatic heterocycles. The first-order valence-electron chi connectivity index (χ1n) is 5.11. The van der Waals surface area contributed by atoms with Gasteiger partial charge in [-0.1, -0.05) is 32.1 Å². The highest BCUT2D eigenvalue weighted by atomic mass is 19.1. The summed E-state index contributed by atoms with van der Waals surface area (Å²) in [5.41, 5.74) is 0. The molecule has 0 radical (unpaired) electrons. The summed E-state index contributed by atoms with van der Waals surface area (Å²) in [6.07, 6.45) is 6.65. The minimum Gasteiger partial charge on any atom is -0.317 e. The standard InChI is InChI=1S/C10H20FN/c1-12-8-10(11)7-9-5-3-2-4-6-9/h9-10,12H,2-8H2,1H3/t10-/m1/s1. The molecule has 0 heterocycles. The number of halogens is 1. The van der Waals surface area contributed by atoms with Crippen LogP contribution >= 0.6 is 0 Å². The summed E-state index contributed by atoms with van der Waals surface area (Å²) < 4.78 is 13.1. The van der Waals surface area contributed by atoms with E-state index < -0.39 is 6.17 Å². The molecule has 0 amide bonds. The maximum atomic E-state index is 13.1. The van der Waals surface area contributed by atoms with Gasteiger partial charge in [-0.05, 0) is 19.4 Å². The lowest BCUT2D eigenvalue weighted by molar-refractivity contribution is 0.228. The van der Waals surface area contributed by atoms with E-state index in [2.05, 4.69) is 5.32 Å². The van der Waals surface area contributed by atoms with E-state index in [1.54, 1.807) is 0 Å². The molecule has 0 aromatic rings. The van der Waals surface area contributed by atoms with Gasteiger partial charge in [-0.3, -0.25) is 0 Å². The van der Waals surface area contributed by atoms with E-state index in [1.807, 2.05) is 7.05 Å². The fraction of sp³-hybridized carbons (Fsp3) is 1.00. The molecule has 0 spiro atoms. The highest BCUT2D eigenvalue weighted by molar-refractivity contribution is 4.70. The van der Waals surface area contributed by atoms with Gasteiger partial charge < -0.3 is 5.32 Å². The Balaban J connectivity index is 2.11. The molecule has 1 fully saturated rings. The largest absolute Gasteiger partial charge is 0.317 e. The van der Waals surface area contributed by atoms with Gasteiger partial charge in [-0.2, -0.15) is 0 Å². The molecule has 0 unspecified atom stereocenters. The molecule has 72 valence electrons. The monoisotopic (exact) mass is 173 g/mol. The van der Waals surface area contributed by atoms with Gasteiger partial charge in [0.2, 0.25) is 0 Å². The summed E-state index contributed by atoms with van der Waals surface area (Å²) in [7, 11) is 1.81. The van der Waals surface area contributed by atoms with Crippen molar-refractivity contribution >= 4 is 0 Å². The minimum absolute atomic E-state index is 0.524. The Morgan fingerprint density at radius 2 is 2.00 bits per heavy atom. The Morgan fingerprint density at radius 1 is 1.33 bits per heavy atom. The fourth-order valence-corrected chi connectivity index (χ4v) is 2.09. The van der Waals surface area contributed by atoms with Crippen molar-refractivity contribution < 1.29 is 4.39 Å². The number of nitrogens with one attached hydrogen (secondary N) is 1. The molecule has 0 aliphatic heterocycles. The van der Waals surface area contributed by atoms with E-state index in [1.165, 1.54) is 32.1 Å². The summed E-state index contributed by atoms with van der Waals surface area (Å²) in [6, 6.07) is 0. The van der Waals surface area contributed by atoms with Crippen LogP contribution in [0.5, 0.6) is 0 Å². The van der Waals surface area contributed by atoms with Crippen LogP contribution in [-0.4, -0.2) is 19.8 Å². The molecule has 0 saturated heterocycles. The average molecular weight is 173 g/mol. The Hall–Kier alpha value is -0.110. The van der Waals surface area contributed by atoms with E-state index >= 15 is 0 Å². The predicted molar refractivity (Wildman–Crippen MR) is 50.0 cm³/mol. The van der Waals surface area contributed by atoms with E-state index in [-0.39, 0.29) is 0 Å². The van der Waals surface area contributed by atoms with Crippen molar-refractivity contribution in [2.75, 3.05) is 13.6 Å². The minimum atomic E-state index is -0.627. The van der Waals surface area contributed by atoms with Crippen LogP contribution in [-0.2, 0) is 0 Å². The Kier molecular flexibility index (Phi) is 4.59. The highest BCUT2D eigenvalue weighted by Crippen LogP contribution is 2.27. The van der Waals surface area contributed by atoms with Crippen LogP contribution < -0.4 is 5.32 Å². The molecule has 0 aromatic carbocycles. The smallest absolute Gasteiger partial charge is 0.113 e. The van der Waals surface area contributed by atoms with Gasteiger partial charge in [0.15, 0.2) is 0 Å². The Labute approximate surface area is 74.7 Å². The van der Waals surface area contributed by atoms with E-state index in [0.717, 1.165) is 6.42 Å². The van der Waals surface area contributed by atoms with Crippen LogP contribution in [0.2, 0.25) is 0 Å². The number of hydrogen-bond donors (Lipinski definition) is 1. The van der Waals surface area contributed by atoms with Crippen molar-refractivity contribution in [1.29, 1.82) is 0 Å². The lowest BCUT2D eigenvalue weighted by Crippen LogP contribution is -2.23. The first-order valence-corrected chi connectivity index (χ1v) is 5.11. The van der Waals surface area contributed by atoms with E-state index in [4.69, 9.17) is 0 Å². The first kappa shape index (κ1) is 9.97.